The number of rotatable bonds is 2. The van der Waals surface area contributed by atoms with Crippen molar-refractivity contribution in [1.29, 1.82) is 0 Å². The van der Waals surface area contributed by atoms with Gasteiger partial charge in [0.1, 0.15) is 0 Å². The van der Waals surface area contributed by atoms with Crippen LogP contribution in [0.5, 0.6) is 0 Å². The SMILES string of the molecule is CC(C)C(N)C(=O)N1CCCC2CCCCC21. The molecule has 0 spiro atoms. The summed E-state index contributed by atoms with van der Waals surface area (Å²) in [4.78, 5) is 14.5. The highest BCUT2D eigenvalue weighted by Gasteiger charge is 2.37. The minimum atomic E-state index is -0.310. The summed E-state index contributed by atoms with van der Waals surface area (Å²) in [6, 6.07) is 0.186. The number of fused-ring (bicyclic) bond motifs is 1. The lowest BCUT2D eigenvalue weighted by atomic mass is 9.78. The fourth-order valence-corrected chi connectivity index (χ4v) is 3.38. The first-order chi connectivity index (χ1) is 8.11. The van der Waals surface area contributed by atoms with E-state index in [9.17, 15) is 4.79 Å². The molecule has 1 saturated carbocycles. The van der Waals surface area contributed by atoms with Crippen LogP contribution < -0.4 is 5.73 Å². The Morgan fingerprint density at radius 1 is 1.18 bits per heavy atom. The van der Waals surface area contributed by atoms with E-state index >= 15 is 0 Å². The number of nitrogens with two attached hydrogens (primary N) is 1. The van der Waals surface area contributed by atoms with Crippen LogP contribution >= 0.6 is 0 Å². The molecule has 0 bridgehead atoms. The highest BCUT2D eigenvalue weighted by molar-refractivity contribution is 5.82. The van der Waals surface area contributed by atoms with E-state index in [0.717, 1.165) is 18.9 Å². The molecule has 3 nitrogen and oxygen atoms in total. The quantitative estimate of drug-likeness (QED) is 0.801. The summed E-state index contributed by atoms with van der Waals surface area (Å²) in [5.74, 6) is 1.18. The maximum atomic E-state index is 12.4. The fraction of sp³-hybridized carbons (Fsp3) is 0.929. The molecule has 0 aromatic rings. The van der Waals surface area contributed by atoms with Crippen molar-refractivity contribution in [3.05, 3.63) is 0 Å². The largest absolute Gasteiger partial charge is 0.338 e. The summed E-state index contributed by atoms with van der Waals surface area (Å²) in [6.45, 7) is 5.00. The molecule has 1 saturated heterocycles. The molecule has 1 aliphatic carbocycles. The number of likely N-dealkylation sites (tertiary alicyclic amines) is 1. The standard InChI is InChI=1S/C14H26N2O/c1-10(2)13(15)14(17)16-9-5-7-11-6-3-4-8-12(11)16/h10-13H,3-9,15H2,1-2H3. The Labute approximate surface area is 105 Å². The Kier molecular flexibility index (Phi) is 4.08. The number of nitrogens with zero attached hydrogens (tertiary/aromatic N) is 1. The normalized spacial score (nSPS) is 31.2. The fourth-order valence-electron chi connectivity index (χ4n) is 3.38. The lowest BCUT2D eigenvalue weighted by Gasteiger charge is -2.45. The summed E-state index contributed by atoms with van der Waals surface area (Å²) >= 11 is 0. The number of piperidine rings is 1. The van der Waals surface area contributed by atoms with Crippen LogP contribution in [0.3, 0.4) is 0 Å². The van der Waals surface area contributed by atoms with Gasteiger partial charge >= 0.3 is 0 Å². The zero-order valence-electron chi connectivity index (χ0n) is 11.2. The zero-order valence-corrected chi connectivity index (χ0v) is 11.2. The van der Waals surface area contributed by atoms with E-state index in [0.29, 0.717) is 6.04 Å². The molecule has 0 aromatic heterocycles. The molecule has 3 atom stereocenters. The number of carbonyl (C=O) groups excluding carboxylic acids is 1. The molecule has 2 fully saturated rings. The predicted octanol–water partition coefficient (Wildman–Crippen LogP) is 2.15. The minimum Gasteiger partial charge on any atom is -0.338 e. The van der Waals surface area contributed by atoms with Gasteiger partial charge in [0.25, 0.3) is 0 Å². The molecule has 1 heterocycles. The molecule has 3 heteroatoms. The Morgan fingerprint density at radius 2 is 1.82 bits per heavy atom. The zero-order chi connectivity index (χ0) is 12.4. The van der Waals surface area contributed by atoms with Gasteiger partial charge in [0.15, 0.2) is 0 Å². The van der Waals surface area contributed by atoms with Gasteiger partial charge < -0.3 is 10.6 Å². The monoisotopic (exact) mass is 238 g/mol. The van der Waals surface area contributed by atoms with E-state index < -0.39 is 0 Å². The van der Waals surface area contributed by atoms with E-state index in [1.54, 1.807) is 0 Å². The number of amides is 1. The van der Waals surface area contributed by atoms with Gasteiger partial charge in [-0.2, -0.15) is 0 Å². The van der Waals surface area contributed by atoms with Crippen molar-refractivity contribution in [2.24, 2.45) is 17.6 Å². The van der Waals surface area contributed by atoms with E-state index in [-0.39, 0.29) is 17.9 Å². The van der Waals surface area contributed by atoms with Gasteiger partial charge in [-0.1, -0.05) is 26.7 Å². The molecule has 98 valence electrons. The molecule has 3 unspecified atom stereocenters. The van der Waals surface area contributed by atoms with Crippen molar-refractivity contribution in [2.75, 3.05) is 6.54 Å². The second kappa shape index (κ2) is 5.38. The topological polar surface area (TPSA) is 46.3 Å². The molecule has 2 N–H and O–H groups in total. The minimum absolute atomic E-state index is 0.191. The van der Waals surface area contributed by atoms with Crippen molar-refractivity contribution in [2.45, 2.75) is 64.5 Å². The third-order valence-corrected chi connectivity index (χ3v) is 4.53. The van der Waals surface area contributed by atoms with Crippen LogP contribution in [0.15, 0.2) is 0 Å². The Hall–Kier alpha value is -0.570. The van der Waals surface area contributed by atoms with Crippen LogP contribution in [0.2, 0.25) is 0 Å². The number of hydrogen-bond acceptors (Lipinski definition) is 2. The van der Waals surface area contributed by atoms with Crippen molar-refractivity contribution >= 4 is 5.91 Å². The first kappa shape index (κ1) is 12.9. The highest BCUT2D eigenvalue weighted by Crippen LogP contribution is 2.35. The Bertz CT molecular complexity index is 275. The molecule has 17 heavy (non-hydrogen) atoms. The molecule has 1 aliphatic heterocycles. The van der Waals surface area contributed by atoms with E-state index in [4.69, 9.17) is 5.73 Å². The Balaban J connectivity index is 2.05. The van der Waals surface area contributed by atoms with Crippen molar-refractivity contribution < 1.29 is 4.79 Å². The average molecular weight is 238 g/mol. The van der Waals surface area contributed by atoms with E-state index in [1.165, 1.54) is 32.1 Å². The van der Waals surface area contributed by atoms with E-state index in [1.807, 2.05) is 13.8 Å². The predicted molar refractivity (Wildman–Crippen MR) is 69.5 cm³/mol. The lowest BCUT2D eigenvalue weighted by Crippen LogP contribution is -2.55. The first-order valence-corrected chi connectivity index (χ1v) is 7.17. The van der Waals surface area contributed by atoms with Crippen LogP contribution in [-0.4, -0.2) is 29.4 Å². The smallest absolute Gasteiger partial charge is 0.240 e. The van der Waals surface area contributed by atoms with Crippen LogP contribution in [0, 0.1) is 11.8 Å². The second-order valence-electron chi connectivity index (χ2n) is 6.06. The molecular weight excluding hydrogens is 212 g/mol. The third-order valence-electron chi connectivity index (χ3n) is 4.53. The van der Waals surface area contributed by atoms with Gasteiger partial charge in [-0.25, -0.2) is 0 Å². The van der Waals surface area contributed by atoms with Gasteiger partial charge in [0.05, 0.1) is 6.04 Å². The summed E-state index contributed by atoms with van der Waals surface area (Å²) < 4.78 is 0. The third kappa shape index (κ3) is 2.65. The summed E-state index contributed by atoms with van der Waals surface area (Å²) in [6.07, 6.45) is 7.61. The maximum Gasteiger partial charge on any atom is 0.240 e. The first-order valence-electron chi connectivity index (χ1n) is 7.17. The summed E-state index contributed by atoms with van der Waals surface area (Å²) in [5.41, 5.74) is 6.02. The van der Waals surface area contributed by atoms with Gasteiger partial charge in [-0.05, 0) is 37.5 Å². The van der Waals surface area contributed by atoms with Crippen LogP contribution in [0.25, 0.3) is 0 Å². The lowest BCUT2D eigenvalue weighted by molar-refractivity contribution is -0.140. The van der Waals surface area contributed by atoms with Gasteiger partial charge in [-0.3, -0.25) is 4.79 Å². The van der Waals surface area contributed by atoms with Gasteiger partial charge in [0, 0.05) is 12.6 Å². The number of hydrogen-bond donors (Lipinski definition) is 1. The molecule has 1 amide bonds. The van der Waals surface area contributed by atoms with Crippen molar-refractivity contribution in [3.63, 3.8) is 0 Å². The molecular formula is C14H26N2O. The van der Waals surface area contributed by atoms with Crippen LogP contribution in [0.4, 0.5) is 0 Å². The number of carbonyl (C=O) groups is 1. The Morgan fingerprint density at radius 3 is 2.53 bits per heavy atom. The van der Waals surface area contributed by atoms with Crippen molar-refractivity contribution in [3.8, 4) is 0 Å². The average Bonchev–Trinajstić information content (AvgIpc) is 2.36. The molecule has 0 aromatic carbocycles. The molecule has 0 radical (unpaired) electrons. The second-order valence-corrected chi connectivity index (χ2v) is 6.06. The van der Waals surface area contributed by atoms with Gasteiger partial charge in [-0.15, -0.1) is 0 Å². The van der Waals surface area contributed by atoms with Crippen LogP contribution in [-0.2, 0) is 4.79 Å². The van der Waals surface area contributed by atoms with E-state index in [2.05, 4.69) is 4.90 Å². The molecule has 2 aliphatic rings. The summed E-state index contributed by atoms with van der Waals surface area (Å²) in [5, 5.41) is 0. The van der Waals surface area contributed by atoms with Crippen LogP contribution in [0.1, 0.15) is 52.4 Å². The maximum absolute atomic E-state index is 12.4. The van der Waals surface area contributed by atoms with Crippen molar-refractivity contribution in [1.82, 2.24) is 4.90 Å². The molecule has 2 rings (SSSR count). The highest BCUT2D eigenvalue weighted by atomic mass is 16.2. The van der Waals surface area contributed by atoms with Gasteiger partial charge in [0.2, 0.25) is 5.91 Å². The summed E-state index contributed by atoms with van der Waals surface area (Å²) in [7, 11) is 0.